The standard InChI is InChI=1S/C21H36N4O2S.HI/c1-3-22-20(24-15-21(8-11-26)9-12-27-16-21)23-14-17-6-4-10-25(2)19(17)18-7-5-13-28-18;/h5,7,13,17,19,26H,3-4,6,8-12,14-16H2,1-2H3,(H2,22,23,24);1H. The molecule has 0 aliphatic carbocycles. The summed E-state index contributed by atoms with van der Waals surface area (Å²) in [6, 6.07) is 4.90. The SMILES string of the molecule is CCNC(=NCC1(CCO)CCOC1)NCC1CCCN(C)C1c1cccs1.I. The van der Waals surface area contributed by atoms with Gasteiger partial charge in [0.05, 0.1) is 13.2 Å². The summed E-state index contributed by atoms with van der Waals surface area (Å²) >= 11 is 1.86. The van der Waals surface area contributed by atoms with Gasteiger partial charge in [0.2, 0.25) is 0 Å². The average Bonchev–Trinajstić information content (AvgIpc) is 3.37. The lowest BCUT2D eigenvalue weighted by atomic mass is 9.84. The van der Waals surface area contributed by atoms with Gasteiger partial charge in [0.15, 0.2) is 5.96 Å². The Hall–Kier alpha value is -0.420. The molecular formula is C21H37IN4O2S. The van der Waals surface area contributed by atoms with Gasteiger partial charge in [-0.15, -0.1) is 35.3 Å². The maximum absolute atomic E-state index is 9.44. The van der Waals surface area contributed by atoms with Crippen LogP contribution in [0.3, 0.4) is 0 Å². The highest BCUT2D eigenvalue weighted by atomic mass is 127. The van der Waals surface area contributed by atoms with Gasteiger partial charge in [-0.2, -0.15) is 0 Å². The molecule has 3 rings (SSSR count). The molecule has 0 radical (unpaired) electrons. The number of aliphatic hydroxyl groups excluding tert-OH is 1. The molecule has 0 amide bonds. The molecule has 6 nitrogen and oxygen atoms in total. The minimum atomic E-state index is -0.0122. The Labute approximate surface area is 196 Å². The maximum atomic E-state index is 9.44. The Bertz CT molecular complexity index is 608. The van der Waals surface area contributed by atoms with Gasteiger partial charge < -0.3 is 20.5 Å². The van der Waals surface area contributed by atoms with Crippen LogP contribution < -0.4 is 10.6 Å². The average molecular weight is 537 g/mol. The van der Waals surface area contributed by atoms with E-state index in [4.69, 9.17) is 9.73 Å². The molecule has 0 saturated carbocycles. The molecule has 2 saturated heterocycles. The van der Waals surface area contributed by atoms with Crippen molar-refractivity contribution in [2.75, 3.05) is 53.0 Å². The van der Waals surface area contributed by atoms with E-state index >= 15 is 0 Å². The number of aliphatic hydroxyl groups is 1. The zero-order chi connectivity index (χ0) is 19.8. The monoisotopic (exact) mass is 536 g/mol. The molecule has 2 aliphatic heterocycles. The molecule has 2 aliphatic rings. The predicted molar refractivity (Wildman–Crippen MR) is 131 cm³/mol. The molecule has 3 N–H and O–H groups in total. The van der Waals surface area contributed by atoms with Crippen molar-refractivity contribution in [1.82, 2.24) is 15.5 Å². The molecule has 1 aromatic heterocycles. The summed E-state index contributed by atoms with van der Waals surface area (Å²) in [5.74, 6) is 1.45. The second-order valence-corrected chi connectivity index (χ2v) is 9.17. The van der Waals surface area contributed by atoms with Crippen molar-refractivity contribution in [2.24, 2.45) is 16.3 Å². The van der Waals surface area contributed by atoms with Crippen LogP contribution in [0, 0.1) is 11.3 Å². The summed E-state index contributed by atoms with van der Waals surface area (Å²) in [6.45, 7) is 7.39. The Morgan fingerprint density at radius 1 is 1.45 bits per heavy atom. The minimum absolute atomic E-state index is 0. The molecule has 3 atom stereocenters. The number of hydrogen-bond donors (Lipinski definition) is 3. The number of likely N-dealkylation sites (tertiary alicyclic amines) is 1. The van der Waals surface area contributed by atoms with Gasteiger partial charge >= 0.3 is 0 Å². The van der Waals surface area contributed by atoms with Crippen LogP contribution in [0.25, 0.3) is 0 Å². The molecule has 3 unspecified atom stereocenters. The number of piperidine rings is 1. The van der Waals surface area contributed by atoms with Gasteiger partial charge in [-0.3, -0.25) is 9.89 Å². The Kier molecular flexibility index (Phi) is 10.7. The summed E-state index contributed by atoms with van der Waals surface area (Å²) in [6.07, 6.45) is 4.21. The van der Waals surface area contributed by atoms with Crippen LogP contribution in [0.4, 0.5) is 0 Å². The normalized spacial score (nSPS) is 28.2. The van der Waals surface area contributed by atoms with Crippen molar-refractivity contribution in [1.29, 1.82) is 0 Å². The number of aliphatic imine (C=N–C) groups is 1. The Balaban J connectivity index is 0.00000300. The van der Waals surface area contributed by atoms with E-state index in [1.807, 2.05) is 11.3 Å². The van der Waals surface area contributed by atoms with E-state index in [1.54, 1.807) is 0 Å². The number of halogens is 1. The molecule has 0 aromatic carbocycles. The van der Waals surface area contributed by atoms with Crippen molar-refractivity contribution in [3.63, 3.8) is 0 Å². The van der Waals surface area contributed by atoms with Gasteiger partial charge in [0, 0.05) is 42.6 Å². The van der Waals surface area contributed by atoms with Crippen molar-refractivity contribution >= 4 is 41.3 Å². The van der Waals surface area contributed by atoms with Crippen LogP contribution in [0.5, 0.6) is 0 Å². The third kappa shape index (κ3) is 6.78. The summed E-state index contributed by atoms with van der Waals surface area (Å²) < 4.78 is 5.60. The number of guanidine groups is 1. The molecule has 1 aromatic rings. The Morgan fingerprint density at radius 2 is 2.31 bits per heavy atom. The highest BCUT2D eigenvalue weighted by Crippen LogP contribution is 2.37. The van der Waals surface area contributed by atoms with E-state index in [-0.39, 0.29) is 36.0 Å². The summed E-state index contributed by atoms with van der Waals surface area (Å²) in [5, 5.41) is 18.6. The maximum Gasteiger partial charge on any atom is 0.191 e. The minimum Gasteiger partial charge on any atom is -0.396 e. The fraction of sp³-hybridized carbons (Fsp3) is 0.762. The second kappa shape index (κ2) is 12.4. The first-order valence-corrected chi connectivity index (χ1v) is 11.5. The van der Waals surface area contributed by atoms with Crippen LogP contribution >= 0.6 is 35.3 Å². The predicted octanol–water partition coefficient (Wildman–Crippen LogP) is 3.09. The lowest BCUT2D eigenvalue weighted by Gasteiger charge is -2.39. The van der Waals surface area contributed by atoms with Crippen molar-refractivity contribution in [3.8, 4) is 0 Å². The third-order valence-electron chi connectivity index (χ3n) is 6.12. The van der Waals surface area contributed by atoms with E-state index in [1.165, 1.54) is 17.7 Å². The van der Waals surface area contributed by atoms with Crippen molar-refractivity contribution in [2.45, 2.75) is 38.6 Å². The number of rotatable bonds is 8. The topological polar surface area (TPSA) is 69.1 Å². The van der Waals surface area contributed by atoms with Crippen LogP contribution in [0.15, 0.2) is 22.5 Å². The molecule has 0 bridgehead atoms. The van der Waals surface area contributed by atoms with E-state index in [2.05, 4.69) is 47.0 Å². The van der Waals surface area contributed by atoms with Gasteiger partial charge in [-0.05, 0) is 63.6 Å². The third-order valence-corrected chi connectivity index (χ3v) is 7.06. The fourth-order valence-electron chi connectivity index (χ4n) is 4.49. The van der Waals surface area contributed by atoms with Crippen LogP contribution in [0.1, 0.15) is 43.5 Å². The number of hydrogen-bond acceptors (Lipinski definition) is 5. The second-order valence-electron chi connectivity index (χ2n) is 8.20. The highest BCUT2D eigenvalue weighted by Gasteiger charge is 2.35. The van der Waals surface area contributed by atoms with Gasteiger partial charge in [0.1, 0.15) is 0 Å². The van der Waals surface area contributed by atoms with Crippen molar-refractivity contribution in [3.05, 3.63) is 22.4 Å². The lowest BCUT2D eigenvalue weighted by Crippen LogP contribution is -2.45. The first-order chi connectivity index (χ1) is 13.7. The number of nitrogens with zero attached hydrogens (tertiary/aromatic N) is 2. The molecule has 29 heavy (non-hydrogen) atoms. The zero-order valence-electron chi connectivity index (χ0n) is 17.7. The quantitative estimate of drug-likeness (QED) is 0.271. The Morgan fingerprint density at radius 3 is 2.97 bits per heavy atom. The number of ether oxygens (including phenoxy) is 1. The van der Waals surface area contributed by atoms with Crippen LogP contribution in [-0.4, -0.2) is 69.0 Å². The number of thiophene rings is 1. The molecule has 2 fully saturated rings. The molecule has 0 spiro atoms. The highest BCUT2D eigenvalue weighted by molar-refractivity contribution is 14.0. The molecular weight excluding hydrogens is 499 g/mol. The summed E-state index contributed by atoms with van der Waals surface area (Å²) in [4.78, 5) is 8.83. The number of nitrogens with one attached hydrogen (secondary N) is 2. The van der Waals surface area contributed by atoms with E-state index in [0.29, 0.717) is 25.1 Å². The molecule has 166 valence electrons. The molecule has 8 heteroatoms. The first-order valence-electron chi connectivity index (χ1n) is 10.6. The van der Waals surface area contributed by atoms with Gasteiger partial charge in [-0.1, -0.05) is 6.07 Å². The van der Waals surface area contributed by atoms with Crippen LogP contribution in [0.2, 0.25) is 0 Å². The summed E-state index contributed by atoms with van der Waals surface area (Å²) in [5.41, 5.74) is -0.0122. The van der Waals surface area contributed by atoms with Crippen LogP contribution in [-0.2, 0) is 4.74 Å². The fourth-order valence-corrected chi connectivity index (χ4v) is 5.47. The zero-order valence-corrected chi connectivity index (χ0v) is 20.9. The smallest absolute Gasteiger partial charge is 0.191 e. The van der Waals surface area contributed by atoms with Gasteiger partial charge in [0.25, 0.3) is 0 Å². The molecule has 3 heterocycles. The van der Waals surface area contributed by atoms with Gasteiger partial charge in [-0.25, -0.2) is 0 Å². The summed E-state index contributed by atoms with van der Waals surface area (Å²) in [7, 11) is 2.24. The van der Waals surface area contributed by atoms with E-state index in [9.17, 15) is 5.11 Å². The first kappa shape index (κ1) is 24.8. The largest absolute Gasteiger partial charge is 0.396 e. The van der Waals surface area contributed by atoms with Crippen molar-refractivity contribution < 1.29 is 9.84 Å². The lowest BCUT2D eigenvalue weighted by molar-refractivity contribution is 0.125. The van der Waals surface area contributed by atoms with E-state index in [0.717, 1.165) is 45.0 Å². The van der Waals surface area contributed by atoms with E-state index < -0.39 is 0 Å².